The van der Waals surface area contributed by atoms with Gasteiger partial charge in [-0.3, -0.25) is 0 Å². The number of ether oxygens (including phenoxy) is 1. The summed E-state index contributed by atoms with van der Waals surface area (Å²) >= 11 is 6.12. The average Bonchev–Trinajstić information content (AvgIpc) is 3.03. The molecule has 0 aromatic carbocycles. The van der Waals surface area contributed by atoms with E-state index in [0.29, 0.717) is 23.4 Å². The second-order valence-corrected chi connectivity index (χ2v) is 6.82. The van der Waals surface area contributed by atoms with Gasteiger partial charge in [0, 0.05) is 38.4 Å². The summed E-state index contributed by atoms with van der Waals surface area (Å²) < 4.78 is 7.87. The van der Waals surface area contributed by atoms with Crippen LogP contribution in [0.4, 0.5) is 5.82 Å². The Bertz CT molecular complexity index is 881. The number of pyridine rings is 1. The minimum atomic E-state index is 0.417. The quantitative estimate of drug-likeness (QED) is 0.717. The van der Waals surface area contributed by atoms with E-state index >= 15 is 0 Å². The molecule has 1 saturated heterocycles. The van der Waals surface area contributed by atoms with Crippen molar-refractivity contribution in [2.45, 2.75) is 12.8 Å². The van der Waals surface area contributed by atoms with Crippen LogP contribution in [0, 0.1) is 5.92 Å². The molecule has 3 aromatic rings. The maximum atomic E-state index is 6.12. The van der Waals surface area contributed by atoms with Gasteiger partial charge in [0.05, 0.1) is 12.0 Å². The maximum absolute atomic E-state index is 6.12. The lowest BCUT2D eigenvalue weighted by Gasteiger charge is -2.33. The van der Waals surface area contributed by atoms with E-state index in [9.17, 15) is 0 Å². The van der Waals surface area contributed by atoms with Crippen molar-refractivity contribution in [3.05, 3.63) is 41.9 Å². The molecule has 0 aliphatic carbocycles. The summed E-state index contributed by atoms with van der Waals surface area (Å²) in [5.74, 6) is 1.93. The first kappa shape index (κ1) is 16.1. The molecule has 4 heterocycles. The van der Waals surface area contributed by atoms with Gasteiger partial charge in [-0.05, 0) is 31.0 Å². The normalized spacial score (nSPS) is 17.8. The highest BCUT2D eigenvalue weighted by atomic mass is 35.5. The lowest BCUT2D eigenvalue weighted by molar-refractivity contribution is 0.222. The average molecular weight is 358 g/mol. The molecular weight excluding hydrogens is 338 g/mol. The molecule has 0 spiro atoms. The second kappa shape index (κ2) is 6.88. The van der Waals surface area contributed by atoms with Crippen LogP contribution in [0.5, 0.6) is 5.88 Å². The van der Waals surface area contributed by atoms with Gasteiger partial charge in [-0.25, -0.2) is 15.0 Å². The number of nitrogens with zero attached hydrogens (tertiary/aromatic N) is 5. The molecule has 6 nitrogen and oxygen atoms in total. The molecule has 0 radical (unpaired) electrons. The van der Waals surface area contributed by atoms with Crippen molar-refractivity contribution in [1.82, 2.24) is 19.5 Å². The number of fused-ring (bicyclic) bond motifs is 1. The van der Waals surface area contributed by atoms with Crippen molar-refractivity contribution in [3.63, 3.8) is 0 Å². The van der Waals surface area contributed by atoms with Crippen LogP contribution in [0.3, 0.4) is 0 Å². The fourth-order valence-electron chi connectivity index (χ4n) is 3.38. The van der Waals surface area contributed by atoms with Crippen molar-refractivity contribution in [2.75, 3.05) is 24.6 Å². The molecule has 0 N–H and O–H groups in total. The van der Waals surface area contributed by atoms with E-state index in [2.05, 4.69) is 25.9 Å². The lowest BCUT2D eigenvalue weighted by atomic mass is 9.99. The molecule has 7 heteroatoms. The highest BCUT2D eigenvalue weighted by molar-refractivity contribution is 6.31. The Hall–Kier alpha value is -2.34. The molecular formula is C18H20ClN5O. The molecule has 3 aromatic heterocycles. The molecule has 1 fully saturated rings. The van der Waals surface area contributed by atoms with Crippen molar-refractivity contribution in [1.29, 1.82) is 0 Å². The summed E-state index contributed by atoms with van der Waals surface area (Å²) in [4.78, 5) is 15.4. The van der Waals surface area contributed by atoms with E-state index in [1.165, 1.54) is 0 Å². The van der Waals surface area contributed by atoms with Crippen LogP contribution >= 0.6 is 11.6 Å². The van der Waals surface area contributed by atoms with E-state index in [1.54, 1.807) is 24.7 Å². The molecule has 0 bridgehead atoms. The van der Waals surface area contributed by atoms with E-state index in [4.69, 9.17) is 16.3 Å². The Morgan fingerprint density at radius 3 is 3.08 bits per heavy atom. The zero-order valence-corrected chi connectivity index (χ0v) is 14.9. The Morgan fingerprint density at radius 2 is 2.20 bits per heavy atom. The Balaban J connectivity index is 1.48. The third-order valence-electron chi connectivity index (χ3n) is 4.64. The topological polar surface area (TPSA) is 56.1 Å². The van der Waals surface area contributed by atoms with Crippen molar-refractivity contribution in [3.8, 4) is 5.88 Å². The highest BCUT2D eigenvalue weighted by Gasteiger charge is 2.23. The summed E-state index contributed by atoms with van der Waals surface area (Å²) in [6, 6.07) is 5.68. The van der Waals surface area contributed by atoms with Crippen LogP contribution in [0.2, 0.25) is 5.02 Å². The van der Waals surface area contributed by atoms with Gasteiger partial charge in [0.2, 0.25) is 5.88 Å². The van der Waals surface area contributed by atoms with Gasteiger partial charge in [-0.2, -0.15) is 0 Å². The lowest BCUT2D eigenvalue weighted by Crippen LogP contribution is -2.38. The Morgan fingerprint density at radius 1 is 1.28 bits per heavy atom. The summed E-state index contributed by atoms with van der Waals surface area (Å²) in [5.41, 5.74) is 0.962. The number of hydrogen-bond donors (Lipinski definition) is 0. The molecule has 1 unspecified atom stereocenters. The van der Waals surface area contributed by atoms with Crippen LogP contribution in [0.1, 0.15) is 12.8 Å². The van der Waals surface area contributed by atoms with Crippen LogP contribution in [0.25, 0.3) is 11.0 Å². The highest BCUT2D eigenvalue weighted by Crippen LogP contribution is 2.28. The van der Waals surface area contributed by atoms with Crippen LogP contribution in [0.15, 0.2) is 36.9 Å². The summed E-state index contributed by atoms with van der Waals surface area (Å²) in [6.07, 6.45) is 7.61. The third kappa shape index (κ3) is 3.26. The van der Waals surface area contributed by atoms with Crippen molar-refractivity contribution >= 4 is 28.5 Å². The Kier molecular flexibility index (Phi) is 4.44. The first-order valence-electron chi connectivity index (χ1n) is 8.46. The molecule has 4 rings (SSSR count). The maximum Gasteiger partial charge on any atom is 0.232 e. The molecule has 1 aliphatic heterocycles. The fraction of sp³-hybridized carbons (Fsp3) is 0.389. The first-order valence-corrected chi connectivity index (χ1v) is 8.84. The molecule has 1 atom stereocenters. The Labute approximate surface area is 151 Å². The minimum absolute atomic E-state index is 0.417. The number of rotatable bonds is 4. The van der Waals surface area contributed by atoms with E-state index in [-0.39, 0.29) is 0 Å². The van der Waals surface area contributed by atoms with E-state index < -0.39 is 0 Å². The molecule has 0 amide bonds. The zero-order chi connectivity index (χ0) is 17.2. The second-order valence-electron chi connectivity index (χ2n) is 6.42. The SMILES string of the molecule is Cn1ccc2c(N3CCCC(COc4ncccc4Cl)C3)ncnc21. The fourth-order valence-corrected chi connectivity index (χ4v) is 3.56. The number of anilines is 1. The summed E-state index contributed by atoms with van der Waals surface area (Å²) in [7, 11) is 2.00. The third-order valence-corrected chi connectivity index (χ3v) is 4.93. The predicted octanol–water partition coefficient (Wildman–Crippen LogP) is 3.31. The summed E-state index contributed by atoms with van der Waals surface area (Å²) in [5, 5.41) is 1.65. The van der Waals surface area contributed by atoms with Gasteiger partial charge in [0.25, 0.3) is 0 Å². The van der Waals surface area contributed by atoms with Gasteiger partial charge < -0.3 is 14.2 Å². The number of aryl methyl sites for hydroxylation is 1. The van der Waals surface area contributed by atoms with Crippen LogP contribution in [-0.4, -0.2) is 39.2 Å². The van der Waals surface area contributed by atoms with Gasteiger partial charge in [-0.1, -0.05) is 11.6 Å². The van der Waals surface area contributed by atoms with Gasteiger partial charge in [0.1, 0.15) is 22.8 Å². The van der Waals surface area contributed by atoms with Crippen LogP contribution < -0.4 is 9.64 Å². The van der Waals surface area contributed by atoms with Crippen molar-refractivity contribution < 1.29 is 4.74 Å². The first-order chi connectivity index (χ1) is 12.2. The van der Waals surface area contributed by atoms with Gasteiger partial charge >= 0.3 is 0 Å². The smallest absolute Gasteiger partial charge is 0.232 e. The zero-order valence-electron chi connectivity index (χ0n) is 14.1. The molecule has 0 saturated carbocycles. The predicted molar refractivity (Wildman–Crippen MR) is 98.2 cm³/mol. The van der Waals surface area contributed by atoms with Gasteiger partial charge in [-0.15, -0.1) is 0 Å². The number of piperidine rings is 1. The monoisotopic (exact) mass is 357 g/mol. The van der Waals surface area contributed by atoms with Gasteiger partial charge in [0.15, 0.2) is 0 Å². The standard InChI is InChI=1S/C18H20ClN5O/c1-23-9-6-14-16(23)21-12-22-17(14)24-8-3-4-13(10-24)11-25-18-15(19)5-2-7-20-18/h2,5-7,9,12-13H,3-4,8,10-11H2,1H3. The number of halogens is 1. The van der Waals surface area contributed by atoms with Crippen LogP contribution in [-0.2, 0) is 7.05 Å². The largest absolute Gasteiger partial charge is 0.476 e. The molecule has 130 valence electrons. The van der Waals surface area contributed by atoms with E-state index in [1.807, 2.05) is 17.8 Å². The number of hydrogen-bond acceptors (Lipinski definition) is 5. The molecule has 25 heavy (non-hydrogen) atoms. The van der Waals surface area contributed by atoms with Crippen molar-refractivity contribution in [2.24, 2.45) is 13.0 Å². The molecule has 1 aliphatic rings. The summed E-state index contributed by atoms with van der Waals surface area (Å²) in [6.45, 7) is 2.52. The minimum Gasteiger partial charge on any atom is -0.476 e. The number of aromatic nitrogens is 4. The van der Waals surface area contributed by atoms with E-state index in [0.717, 1.165) is 42.8 Å².